The Hall–Kier alpha value is -0.160. The van der Waals surface area contributed by atoms with E-state index in [1.807, 2.05) is 0 Å². The van der Waals surface area contributed by atoms with Crippen LogP contribution in [-0.2, 0) is 5.41 Å². The zero-order valence-electron chi connectivity index (χ0n) is 23.4. The van der Waals surface area contributed by atoms with Gasteiger partial charge < -0.3 is 0 Å². The third-order valence-corrected chi connectivity index (χ3v) is 9.97. The number of hydrogen-bond acceptors (Lipinski definition) is 4. The van der Waals surface area contributed by atoms with Gasteiger partial charge in [0.25, 0.3) is 0 Å². The van der Waals surface area contributed by atoms with E-state index < -0.39 is 0 Å². The van der Waals surface area contributed by atoms with Gasteiger partial charge in [-0.1, -0.05) is 104 Å². The lowest BCUT2D eigenvalue weighted by molar-refractivity contribution is 0.533. The van der Waals surface area contributed by atoms with E-state index in [9.17, 15) is 0 Å². The highest BCUT2D eigenvalue weighted by molar-refractivity contribution is 7.81. The second kappa shape index (κ2) is 15.4. The van der Waals surface area contributed by atoms with Crippen molar-refractivity contribution in [1.29, 1.82) is 0 Å². The van der Waals surface area contributed by atoms with Gasteiger partial charge in [-0.3, -0.25) is 0 Å². The summed E-state index contributed by atoms with van der Waals surface area (Å²) >= 11 is 20.2. The zero-order chi connectivity index (χ0) is 26.9. The fraction of sp³-hybridized carbons (Fsp3) is 0.625. The highest BCUT2D eigenvalue weighted by Gasteiger charge is 2.34. The van der Waals surface area contributed by atoms with Crippen LogP contribution in [0, 0.1) is 0 Å². The smallest absolute Gasteiger partial charge is 0.0270 e. The normalized spacial score (nSPS) is 16.8. The first kappa shape index (κ1) is 32.1. The Kier molecular flexibility index (Phi) is 13.7. The highest BCUT2D eigenvalue weighted by Crippen LogP contribution is 2.46. The SMILES string of the molecule is CCCC(S)c1ccc(C(C)(CC)c2ccc(C(S)CCC)cc2C(S)CCC)c(C(S)CCC)c1. The molecular formula is C32H50S4. The molecule has 2 aromatic rings. The number of rotatable bonds is 15. The summed E-state index contributed by atoms with van der Waals surface area (Å²) in [6.07, 6.45) is 9.85. The molecule has 0 saturated carbocycles. The number of thiol groups is 4. The molecule has 202 valence electrons. The topological polar surface area (TPSA) is 0 Å². The van der Waals surface area contributed by atoms with Gasteiger partial charge >= 0.3 is 0 Å². The standard InChI is InChI=1S/C32H50S4/c1-7-12-28(33)22-16-18-26(24(20-22)30(35)14-9-3)32(6,11-5)27-19-17-23(29(34)13-8-2)21-25(27)31(36)15-10-4/h16-21,28-31,33-36H,7-15H2,1-6H3. The third kappa shape index (κ3) is 7.70. The highest BCUT2D eigenvalue weighted by atomic mass is 32.1. The van der Waals surface area contributed by atoms with E-state index in [2.05, 4.69) is 77.9 Å². The summed E-state index contributed by atoms with van der Waals surface area (Å²) < 4.78 is 0. The van der Waals surface area contributed by atoms with Gasteiger partial charge in [-0.2, -0.15) is 50.5 Å². The van der Waals surface area contributed by atoms with E-state index >= 15 is 0 Å². The van der Waals surface area contributed by atoms with E-state index in [1.165, 1.54) is 33.4 Å². The molecule has 36 heavy (non-hydrogen) atoms. The van der Waals surface area contributed by atoms with Gasteiger partial charge in [-0.15, -0.1) is 0 Å². The van der Waals surface area contributed by atoms with Gasteiger partial charge in [0.2, 0.25) is 0 Å². The molecule has 4 atom stereocenters. The van der Waals surface area contributed by atoms with Crippen LogP contribution in [0.25, 0.3) is 0 Å². The lowest BCUT2D eigenvalue weighted by atomic mass is 9.69. The van der Waals surface area contributed by atoms with Gasteiger partial charge in [-0.05, 0) is 65.5 Å². The molecule has 0 spiro atoms. The molecule has 0 heterocycles. The van der Waals surface area contributed by atoms with Crippen molar-refractivity contribution < 1.29 is 0 Å². The summed E-state index contributed by atoms with van der Waals surface area (Å²) in [5.74, 6) is 0. The molecule has 0 aliphatic rings. The molecule has 0 fully saturated rings. The molecule has 2 aromatic carbocycles. The minimum Gasteiger partial charge on any atom is -0.171 e. The predicted molar refractivity (Wildman–Crippen MR) is 176 cm³/mol. The van der Waals surface area contributed by atoms with Crippen molar-refractivity contribution in [2.75, 3.05) is 0 Å². The summed E-state index contributed by atoms with van der Waals surface area (Å²) in [5.41, 5.74) is 8.06. The van der Waals surface area contributed by atoms with Crippen LogP contribution in [0.3, 0.4) is 0 Å². The molecule has 0 bridgehead atoms. The van der Waals surface area contributed by atoms with E-state index in [1.54, 1.807) is 0 Å². The molecule has 0 aliphatic heterocycles. The monoisotopic (exact) mass is 562 g/mol. The van der Waals surface area contributed by atoms with Crippen LogP contribution in [0.15, 0.2) is 36.4 Å². The summed E-state index contributed by atoms with van der Waals surface area (Å²) in [6.45, 7) is 13.7. The van der Waals surface area contributed by atoms with Gasteiger partial charge in [0, 0.05) is 26.4 Å². The van der Waals surface area contributed by atoms with Gasteiger partial charge in [-0.25, -0.2) is 0 Å². The Bertz CT molecular complexity index is 866. The maximum Gasteiger partial charge on any atom is 0.0270 e. The summed E-state index contributed by atoms with van der Waals surface area (Å²) in [4.78, 5) is 0. The molecule has 0 radical (unpaired) electrons. The average Bonchev–Trinajstić information content (AvgIpc) is 2.88. The average molecular weight is 563 g/mol. The van der Waals surface area contributed by atoms with Crippen molar-refractivity contribution in [2.24, 2.45) is 0 Å². The van der Waals surface area contributed by atoms with Crippen molar-refractivity contribution in [3.63, 3.8) is 0 Å². The first-order chi connectivity index (χ1) is 17.2. The Labute approximate surface area is 244 Å². The van der Waals surface area contributed by atoms with Crippen molar-refractivity contribution in [3.05, 3.63) is 69.8 Å². The quantitative estimate of drug-likeness (QED) is 0.152. The van der Waals surface area contributed by atoms with Crippen LogP contribution in [0.1, 0.15) is 154 Å². The van der Waals surface area contributed by atoms with E-state index in [4.69, 9.17) is 50.5 Å². The van der Waals surface area contributed by atoms with Crippen LogP contribution < -0.4 is 0 Å². The van der Waals surface area contributed by atoms with Gasteiger partial charge in [0.1, 0.15) is 0 Å². The van der Waals surface area contributed by atoms with E-state index in [-0.39, 0.29) is 26.4 Å². The van der Waals surface area contributed by atoms with Crippen molar-refractivity contribution in [1.82, 2.24) is 0 Å². The molecule has 0 saturated heterocycles. The fourth-order valence-electron chi connectivity index (χ4n) is 5.40. The molecule has 0 aliphatic carbocycles. The molecule has 0 N–H and O–H groups in total. The third-order valence-electron chi connectivity index (χ3n) is 7.78. The van der Waals surface area contributed by atoms with Gasteiger partial charge in [0.15, 0.2) is 0 Å². The lowest BCUT2D eigenvalue weighted by Gasteiger charge is -2.36. The molecule has 4 heteroatoms. The Balaban J connectivity index is 2.75. The second-order valence-corrected chi connectivity index (χ2v) is 13.1. The molecular weight excluding hydrogens is 513 g/mol. The van der Waals surface area contributed by atoms with Crippen LogP contribution in [0.4, 0.5) is 0 Å². The van der Waals surface area contributed by atoms with Crippen molar-refractivity contribution in [2.45, 2.75) is 126 Å². The molecule has 0 nitrogen and oxygen atoms in total. The summed E-state index contributed by atoms with van der Waals surface area (Å²) in [5, 5.41) is 0.971. The first-order valence-electron chi connectivity index (χ1n) is 14.2. The Morgan fingerprint density at radius 1 is 0.556 bits per heavy atom. The second-order valence-electron chi connectivity index (χ2n) is 10.6. The zero-order valence-corrected chi connectivity index (χ0v) is 27.0. The van der Waals surface area contributed by atoms with Crippen molar-refractivity contribution in [3.8, 4) is 0 Å². The summed E-state index contributed by atoms with van der Waals surface area (Å²) in [6, 6.07) is 14.2. The van der Waals surface area contributed by atoms with E-state index in [0.29, 0.717) is 0 Å². The van der Waals surface area contributed by atoms with E-state index in [0.717, 1.165) is 57.8 Å². The first-order valence-corrected chi connectivity index (χ1v) is 16.3. The molecule has 0 aromatic heterocycles. The minimum absolute atomic E-state index is 0.126. The number of benzene rings is 2. The fourth-order valence-corrected chi connectivity index (χ4v) is 7.18. The van der Waals surface area contributed by atoms with Crippen LogP contribution in [0.2, 0.25) is 0 Å². The van der Waals surface area contributed by atoms with Crippen molar-refractivity contribution >= 4 is 50.5 Å². The van der Waals surface area contributed by atoms with Crippen LogP contribution in [0.5, 0.6) is 0 Å². The van der Waals surface area contributed by atoms with Crippen LogP contribution in [-0.4, -0.2) is 0 Å². The molecule has 0 amide bonds. The van der Waals surface area contributed by atoms with Gasteiger partial charge in [0.05, 0.1) is 0 Å². The largest absolute Gasteiger partial charge is 0.171 e. The maximum atomic E-state index is 5.14. The number of hydrogen-bond donors (Lipinski definition) is 4. The van der Waals surface area contributed by atoms with Crippen LogP contribution >= 0.6 is 50.5 Å². The lowest BCUT2D eigenvalue weighted by Crippen LogP contribution is -2.27. The molecule has 2 rings (SSSR count). The minimum atomic E-state index is -0.126. The Morgan fingerprint density at radius 2 is 0.889 bits per heavy atom. The Morgan fingerprint density at radius 3 is 1.19 bits per heavy atom. The summed E-state index contributed by atoms with van der Waals surface area (Å²) in [7, 11) is 0. The predicted octanol–water partition coefficient (Wildman–Crippen LogP) is 11.5. The molecule has 4 unspecified atom stereocenters. The maximum absolute atomic E-state index is 5.14.